The van der Waals surface area contributed by atoms with E-state index in [-0.39, 0.29) is 63.4 Å². The third-order valence-corrected chi connectivity index (χ3v) is 2.32. The van der Waals surface area contributed by atoms with Crippen LogP contribution in [-0.2, 0) is 26.2 Å². The smallest absolute Gasteiger partial charge is 1.00 e. The van der Waals surface area contributed by atoms with E-state index in [4.69, 9.17) is 0 Å². The number of hydrogen-bond acceptors (Lipinski definition) is 0. The van der Waals surface area contributed by atoms with E-state index >= 15 is 0 Å². The van der Waals surface area contributed by atoms with Crippen molar-refractivity contribution in [3.05, 3.63) is 40.9 Å². The second kappa shape index (κ2) is 9.30. The number of halogens is 4. The predicted molar refractivity (Wildman–Crippen MR) is 47.2 cm³/mol. The van der Waals surface area contributed by atoms with E-state index in [0.29, 0.717) is 0 Å². The van der Waals surface area contributed by atoms with Gasteiger partial charge in [-0.15, -0.1) is 57.0 Å². The largest absolute Gasteiger partial charge is 4.00 e. The van der Waals surface area contributed by atoms with Gasteiger partial charge < -0.3 is 37.2 Å². The molecule has 0 bridgehead atoms. The summed E-state index contributed by atoms with van der Waals surface area (Å²) in [7, 11) is 0. The van der Waals surface area contributed by atoms with Crippen LogP contribution in [0.5, 0.6) is 0 Å². The number of hydrogen-bond donors (Lipinski definition) is 0. The quantitative estimate of drug-likeness (QED) is 0.393. The Bertz CT molecular complexity index is 362. The summed E-state index contributed by atoms with van der Waals surface area (Å²) in [6.45, 7) is 0. The Hall–Kier alpha value is 1.06. The summed E-state index contributed by atoms with van der Waals surface area (Å²) in [5, 5.41) is 2.59. The number of benzene rings is 1. The normalized spacial score (nSPS) is 7.50. The van der Waals surface area contributed by atoms with Crippen LogP contribution in [0.4, 0.5) is 0 Å². The summed E-state index contributed by atoms with van der Waals surface area (Å²) in [5.41, 5.74) is 0. The van der Waals surface area contributed by atoms with E-state index in [1.165, 1.54) is 15.2 Å². The van der Waals surface area contributed by atoms with E-state index in [9.17, 15) is 0 Å². The van der Waals surface area contributed by atoms with Crippen LogP contribution in [0.2, 0.25) is 0 Å². The SMILES string of the molecule is Brc1c[cH-]c2ccccc12.[Cl-].[Cl-].[Cl-].[Zr+4]. The van der Waals surface area contributed by atoms with Gasteiger partial charge in [-0.3, -0.25) is 0 Å². The Morgan fingerprint density at radius 2 is 1.57 bits per heavy atom. The molecule has 0 aliphatic rings. The van der Waals surface area contributed by atoms with Gasteiger partial charge in [-0.25, -0.2) is 0 Å². The standard InChI is InChI=1S/C9H6Br.3ClH.Zr/c10-9-6-5-7-3-1-2-4-8(7)9;;;;/h1-6H;3*1H;/q-1;;;;+4/p-3. The minimum absolute atomic E-state index is 0. The first-order chi connectivity index (χ1) is 4.88. The van der Waals surface area contributed by atoms with Crippen molar-refractivity contribution in [3.63, 3.8) is 0 Å². The first-order valence-electron chi connectivity index (χ1n) is 3.18. The van der Waals surface area contributed by atoms with Crippen LogP contribution >= 0.6 is 15.9 Å². The second-order valence-electron chi connectivity index (χ2n) is 2.27. The monoisotopic (exact) mass is 388 g/mol. The molecule has 0 nitrogen and oxygen atoms in total. The van der Waals surface area contributed by atoms with Gasteiger partial charge in [-0.2, -0.15) is 0 Å². The molecule has 0 aromatic heterocycles. The van der Waals surface area contributed by atoms with Gasteiger partial charge in [0, 0.05) is 0 Å². The summed E-state index contributed by atoms with van der Waals surface area (Å²) in [4.78, 5) is 0. The molecule has 5 heteroatoms. The minimum Gasteiger partial charge on any atom is -1.00 e. The van der Waals surface area contributed by atoms with Crippen molar-refractivity contribution in [1.82, 2.24) is 0 Å². The van der Waals surface area contributed by atoms with Gasteiger partial charge in [0.25, 0.3) is 0 Å². The van der Waals surface area contributed by atoms with Gasteiger partial charge in [0.05, 0.1) is 0 Å². The Labute approximate surface area is 130 Å². The first kappa shape index (κ1) is 20.5. The Morgan fingerprint density at radius 1 is 1.00 bits per heavy atom. The average Bonchev–Trinajstić information content (AvgIpc) is 2.34. The van der Waals surface area contributed by atoms with Crippen molar-refractivity contribution in [1.29, 1.82) is 0 Å². The molecule has 0 saturated heterocycles. The van der Waals surface area contributed by atoms with Crippen LogP contribution in [0, 0.1) is 0 Å². The van der Waals surface area contributed by atoms with Crippen molar-refractivity contribution < 1.29 is 63.4 Å². The molecule has 2 aromatic rings. The first-order valence-corrected chi connectivity index (χ1v) is 3.97. The second-order valence-corrected chi connectivity index (χ2v) is 3.12. The van der Waals surface area contributed by atoms with E-state index < -0.39 is 0 Å². The number of rotatable bonds is 0. The fraction of sp³-hybridized carbons (Fsp3) is 0. The molecule has 14 heavy (non-hydrogen) atoms. The molecule has 0 aliphatic heterocycles. The van der Waals surface area contributed by atoms with Crippen molar-refractivity contribution >= 4 is 26.7 Å². The van der Waals surface area contributed by atoms with Crippen molar-refractivity contribution in [2.45, 2.75) is 0 Å². The molecular weight excluding hydrogens is 386 g/mol. The topological polar surface area (TPSA) is 0 Å². The molecule has 0 heterocycles. The molecule has 74 valence electrons. The van der Waals surface area contributed by atoms with E-state index in [1.54, 1.807) is 0 Å². The van der Waals surface area contributed by atoms with Crippen molar-refractivity contribution in [3.8, 4) is 0 Å². The summed E-state index contributed by atoms with van der Waals surface area (Å²) < 4.78 is 1.18. The fourth-order valence-electron chi connectivity index (χ4n) is 1.11. The van der Waals surface area contributed by atoms with E-state index in [2.05, 4.69) is 46.3 Å². The molecule has 0 saturated carbocycles. The zero-order valence-corrected chi connectivity index (χ0v) is 13.3. The maximum absolute atomic E-state index is 3.47. The maximum Gasteiger partial charge on any atom is 4.00 e. The van der Waals surface area contributed by atoms with Crippen LogP contribution in [0.25, 0.3) is 10.8 Å². The predicted octanol–water partition coefficient (Wildman–Crippen LogP) is -5.67. The third-order valence-electron chi connectivity index (χ3n) is 1.63. The van der Waals surface area contributed by atoms with Gasteiger partial charge in [0.1, 0.15) is 0 Å². The van der Waals surface area contributed by atoms with Crippen LogP contribution in [-0.4, -0.2) is 0 Å². The molecule has 0 atom stereocenters. The van der Waals surface area contributed by atoms with Gasteiger partial charge in [-0.05, 0) is 0 Å². The van der Waals surface area contributed by atoms with Crippen LogP contribution < -0.4 is 37.2 Å². The summed E-state index contributed by atoms with van der Waals surface area (Å²) >= 11 is 3.47. The van der Waals surface area contributed by atoms with Crippen molar-refractivity contribution in [2.75, 3.05) is 0 Å². The molecule has 0 radical (unpaired) electrons. The van der Waals surface area contributed by atoms with Gasteiger partial charge in [0.2, 0.25) is 0 Å². The molecule has 0 N–H and O–H groups in total. The molecule has 2 rings (SSSR count). The van der Waals surface area contributed by atoms with Crippen molar-refractivity contribution in [2.24, 2.45) is 0 Å². The average molecular weight is 392 g/mol. The minimum atomic E-state index is 0. The van der Waals surface area contributed by atoms with Crippen LogP contribution in [0.15, 0.2) is 40.9 Å². The Morgan fingerprint density at radius 3 is 2.14 bits per heavy atom. The Kier molecular flexibility index (Phi) is 13.6. The van der Waals surface area contributed by atoms with E-state index in [0.717, 1.165) is 0 Å². The van der Waals surface area contributed by atoms with Gasteiger partial charge >= 0.3 is 26.2 Å². The fourth-order valence-corrected chi connectivity index (χ4v) is 1.61. The van der Waals surface area contributed by atoms with Gasteiger partial charge in [0.15, 0.2) is 0 Å². The molecule has 0 spiro atoms. The third kappa shape index (κ3) is 4.28. The molecule has 0 unspecified atom stereocenters. The molecule has 2 aromatic carbocycles. The molecule has 0 aliphatic carbocycles. The van der Waals surface area contributed by atoms with Crippen LogP contribution in [0.1, 0.15) is 0 Å². The number of fused-ring (bicyclic) bond motifs is 1. The summed E-state index contributed by atoms with van der Waals surface area (Å²) in [6.07, 6.45) is 0. The summed E-state index contributed by atoms with van der Waals surface area (Å²) in [6, 6.07) is 12.5. The zero-order valence-electron chi connectivity index (χ0n) is 6.98. The molecule has 0 fully saturated rings. The Balaban J connectivity index is -0.000000302. The maximum atomic E-state index is 3.47. The van der Waals surface area contributed by atoms with E-state index in [1.807, 2.05) is 6.07 Å². The van der Waals surface area contributed by atoms with Gasteiger partial charge in [-0.1, -0.05) is 10.5 Å². The zero-order chi connectivity index (χ0) is 6.97. The summed E-state index contributed by atoms with van der Waals surface area (Å²) in [5.74, 6) is 0. The van der Waals surface area contributed by atoms with Crippen LogP contribution in [0.3, 0.4) is 0 Å². The molecule has 0 amide bonds. The molecular formula is C9H6BrCl3Zr.